The van der Waals surface area contributed by atoms with Crippen molar-refractivity contribution in [3.63, 3.8) is 0 Å². The molecular formula is C12H15NO3. The summed E-state index contributed by atoms with van der Waals surface area (Å²) in [5, 5.41) is 12.5. The molecular weight excluding hydrogens is 206 g/mol. The summed E-state index contributed by atoms with van der Waals surface area (Å²) in [5.41, 5.74) is 0.483. The first-order valence-corrected chi connectivity index (χ1v) is 5.22. The third-order valence-electron chi connectivity index (χ3n) is 2.87. The molecule has 1 saturated heterocycles. The molecule has 1 fully saturated rings. The SMILES string of the molecule is CC1(C)COC(=O)N[C@H]1c1ccccc1O. The first-order chi connectivity index (χ1) is 7.50. The molecule has 1 aromatic carbocycles. The quantitative estimate of drug-likeness (QED) is 0.764. The number of rotatable bonds is 1. The Hall–Kier alpha value is -1.71. The van der Waals surface area contributed by atoms with Crippen LogP contribution in [-0.2, 0) is 4.74 Å². The number of ether oxygens (including phenoxy) is 1. The Morgan fingerprint density at radius 1 is 1.44 bits per heavy atom. The van der Waals surface area contributed by atoms with E-state index in [2.05, 4.69) is 5.32 Å². The monoisotopic (exact) mass is 221 g/mol. The fourth-order valence-corrected chi connectivity index (χ4v) is 1.92. The zero-order chi connectivity index (χ0) is 11.8. The maximum atomic E-state index is 11.2. The number of amides is 1. The van der Waals surface area contributed by atoms with E-state index in [1.807, 2.05) is 26.0 Å². The standard InChI is InChI=1S/C12H15NO3/c1-12(2)7-16-11(15)13-10(12)8-5-3-4-6-9(8)14/h3-6,10,14H,7H2,1-2H3,(H,13,15)/t10-/m0/s1. The third-order valence-corrected chi connectivity index (χ3v) is 2.87. The highest BCUT2D eigenvalue weighted by atomic mass is 16.6. The maximum Gasteiger partial charge on any atom is 0.407 e. The number of benzene rings is 1. The molecule has 1 heterocycles. The molecule has 0 unspecified atom stereocenters. The Labute approximate surface area is 94.2 Å². The third kappa shape index (κ3) is 1.83. The van der Waals surface area contributed by atoms with Crippen LogP contribution in [0.25, 0.3) is 0 Å². The summed E-state index contributed by atoms with van der Waals surface area (Å²) in [5.74, 6) is 0.197. The molecule has 0 radical (unpaired) electrons. The molecule has 1 aliphatic rings. The molecule has 1 atom stereocenters. The Morgan fingerprint density at radius 3 is 2.81 bits per heavy atom. The van der Waals surface area contributed by atoms with Gasteiger partial charge >= 0.3 is 6.09 Å². The van der Waals surface area contributed by atoms with E-state index in [1.54, 1.807) is 12.1 Å². The fourth-order valence-electron chi connectivity index (χ4n) is 1.92. The van der Waals surface area contributed by atoms with Gasteiger partial charge in [-0.25, -0.2) is 4.79 Å². The molecule has 0 aromatic heterocycles. The van der Waals surface area contributed by atoms with E-state index in [4.69, 9.17) is 4.74 Å². The highest BCUT2D eigenvalue weighted by Crippen LogP contribution is 2.39. The molecule has 16 heavy (non-hydrogen) atoms. The number of phenolic OH excluding ortho intramolecular Hbond substituents is 1. The number of phenols is 1. The van der Waals surface area contributed by atoms with Crippen LogP contribution < -0.4 is 5.32 Å². The van der Waals surface area contributed by atoms with Gasteiger partial charge in [-0.15, -0.1) is 0 Å². The van der Waals surface area contributed by atoms with E-state index in [0.717, 1.165) is 5.56 Å². The van der Waals surface area contributed by atoms with Gasteiger partial charge in [-0.2, -0.15) is 0 Å². The molecule has 4 heteroatoms. The zero-order valence-electron chi connectivity index (χ0n) is 9.36. The molecule has 1 amide bonds. The number of nitrogens with one attached hydrogen (secondary N) is 1. The summed E-state index contributed by atoms with van der Waals surface area (Å²) >= 11 is 0. The minimum Gasteiger partial charge on any atom is -0.508 e. The van der Waals surface area contributed by atoms with Crippen LogP contribution in [0.3, 0.4) is 0 Å². The van der Waals surface area contributed by atoms with Gasteiger partial charge in [-0.05, 0) is 6.07 Å². The van der Waals surface area contributed by atoms with Gasteiger partial charge in [0.15, 0.2) is 0 Å². The molecule has 1 aromatic rings. The average molecular weight is 221 g/mol. The first-order valence-electron chi connectivity index (χ1n) is 5.22. The van der Waals surface area contributed by atoms with Crippen molar-refractivity contribution in [3.05, 3.63) is 29.8 Å². The van der Waals surface area contributed by atoms with Crippen molar-refractivity contribution in [3.8, 4) is 5.75 Å². The minimum absolute atomic E-state index is 0.197. The summed E-state index contributed by atoms with van der Waals surface area (Å²) in [4.78, 5) is 11.2. The van der Waals surface area contributed by atoms with Gasteiger partial charge in [0, 0.05) is 11.0 Å². The van der Waals surface area contributed by atoms with Gasteiger partial charge in [-0.1, -0.05) is 32.0 Å². The number of aromatic hydroxyl groups is 1. The van der Waals surface area contributed by atoms with E-state index in [0.29, 0.717) is 6.61 Å². The van der Waals surface area contributed by atoms with Gasteiger partial charge in [0.1, 0.15) is 12.4 Å². The number of cyclic esters (lactones) is 1. The predicted molar refractivity (Wildman–Crippen MR) is 59.1 cm³/mol. The molecule has 0 spiro atoms. The predicted octanol–water partition coefficient (Wildman–Crippen LogP) is 2.20. The Morgan fingerprint density at radius 2 is 2.12 bits per heavy atom. The molecule has 86 valence electrons. The van der Waals surface area contributed by atoms with Gasteiger partial charge in [-0.3, -0.25) is 0 Å². The Bertz CT molecular complexity index is 414. The van der Waals surface area contributed by atoms with Crippen molar-refractivity contribution < 1.29 is 14.6 Å². The smallest absolute Gasteiger partial charge is 0.407 e. The average Bonchev–Trinajstić information content (AvgIpc) is 2.23. The summed E-state index contributed by atoms with van der Waals surface area (Å²) in [6.45, 7) is 4.32. The summed E-state index contributed by atoms with van der Waals surface area (Å²) < 4.78 is 4.95. The van der Waals surface area contributed by atoms with Crippen molar-refractivity contribution in [1.82, 2.24) is 5.32 Å². The number of carbonyl (C=O) groups excluding carboxylic acids is 1. The number of hydrogen-bond donors (Lipinski definition) is 2. The number of carbonyl (C=O) groups is 1. The number of para-hydroxylation sites is 1. The van der Waals surface area contributed by atoms with E-state index in [-0.39, 0.29) is 17.2 Å². The van der Waals surface area contributed by atoms with E-state index < -0.39 is 6.09 Å². The van der Waals surface area contributed by atoms with E-state index >= 15 is 0 Å². The normalized spacial score (nSPS) is 23.4. The van der Waals surface area contributed by atoms with Crippen LogP contribution >= 0.6 is 0 Å². The van der Waals surface area contributed by atoms with Crippen LogP contribution in [0.4, 0.5) is 4.79 Å². The lowest BCUT2D eigenvalue weighted by atomic mass is 9.80. The Kier molecular flexibility index (Phi) is 2.50. The van der Waals surface area contributed by atoms with Crippen LogP contribution in [0.1, 0.15) is 25.5 Å². The molecule has 0 bridgehead atoms. The van der Waals surface area contributed by atoms with Gasteiger partial charge in [0.05, 0.1) is 6.04 Å². The van der Waals surface area contributed by atoms with Crippen molar-refractivity contribution in [1.29, 1.82) is 0 Å². The highest BCUT2D eigenvalue weighted by molar-refractivity contribution is 5.69. The Balaban J connectivity index is 2.38. The summed E-state index contributed by atoms with van der Waals surface area (Å²) in [6.07, 6.45) is -0.437. The lowest BCUT2D eigenvalue weighted by Gasteiger charge is -2.38. The molecule has 2 rings (SSSR count). The van der Waals surface area contributed by atoms with Crippen LogP contribution in [0.5, 0.6) is 5.75 Å². The van der Waals surface area contributed by atoms with E-state index in [1.165, 1.54) is 0 Å². The summed E-state index contributed by atoms with van der Waals surface area (Å²) in [6, 6.07) is 6.80. The lowest BCUT2D eigenvalue weighted by molar-refractivity contribution is 0.0381. The second-order valence-electron chi connectivity index (χ2n) is 4.70. The van der Waals surface area contributed by atoms with Gasteiger partial charge in [0.2, 0.25) is 0 Å². The molecule has 1 aliphatic heterocycles. The van der Waals surface area contributed by atoms with Crippen molar-refractivity contribution in [2.24, 2.45) is 5.41 Å². The molecule has 2 N–H and O–H groups in total. The zero-order valence-corrected chi connectivity index (χ0v) is 9.36. The highest BCUT2D eigenvalue weighted by Gasteiger charge is 2.38. The fraction of sp³-hybridized carbons (Fsp3) is 0.417. The van der Waals surface area contributed by atoms with Crippen LogP contribution in [-0.4, -0.2) is 17.8 Å². The number of alkyl carbamates (subject to hydrolysis) is 1. The second-order valence-corrected chi connectivity index (χ2v) is 4.70. The summed E-state index contributed by atoms with van der Waals surface area (Å²) in [7, 11) is 0. The van der Waals surface area contributed by atoms with Crippen LogP contribution in [0.2, 0.25) is 0 Å². The molecule has 4 nitrogen and oxygen atoms in total. The van der Waals surface area contributed by atoms with Crippen molar-refractivity contribution in [2.75, 3.05) is 6.61 Å². The minimum atomic E-state index is -0.437. The van der Waals surface area contributed by atoms with Crippen molar-refractivity contribution in [2.45, 2.75) is 19.9 Å². The largest absolute Gasteiger partial charge is 0.508 e. The van der Waals surface area contributed by atoms with Gasteiger partial charge < -0.3 is 15.2 Å². The van der Waals surface area contributed by atoms with Crippen LogP contribution in [0.15, 0.2) is 24.3 Å². The lowest BCUT2D eigenvalue weighted by Crippen LogP contribution is -2.46. The van der Waals surface area contributed by atoms with Crippen molar-refractivity contribution >= 4 is 6.09 Å². The van der Waals surface area contributed by atoms with Gasteiger partial charge in [0.25, 0.3) is 0 Å². The topological polar surface area (TPSA) is 58.6 Å². The number of hydrogen-bond acceptors (Lipinski definition) is 3. The first kappa shape index (κ1) is 10.8. The maximum absolute atomic E-state index is 11.2. The van der Waals surface area contributed by atoms with Crippen LogP contribution in [0, 0.1) is 5.41 Å². The second kappa shape index (κ2) is 3.70. The molecule has 0 saturated carbocycles. The molecule has 0 aliphatic carbocycles. The van der Waals surface area contributed by atoms with E-state index in [9.17, 15) is 9.90 Å².